The number of carbonyl (C=O) groups is 1. The van der Waals surface area contributed by atoms with E-state index in [2.05, 4.69) is 20.2 Å². The van der Waals surface area contributed by atoms with Gasteiger partial charge in [-0.1, -0.05) is 6.07 Å². The van der Waals surface area contributed by atoms with Crippen LogP contribution in [0.2, 0.25) is 0 Å². The van der Waals surface area contributed by atoms with Crippen LogP contribution in [0.4, 0.5) is 10.3 Å². The van der Waals surface area contributed by atoms with Crippen molar-refractivity contribution >= 4 is 21.7 Å². The SMILES string of the molecule is COc1cccc(OC)c1-n1c(CS(=O)(=O)[C@H]2C[C@@H](C(=O)N3CCC3)CN(c3ncc(F)cn3)C2)nnc1-c1ccco1. The van der Waals surface area contributed by atoms with Crippen LogP contribution in [0.5, 0.6) is 11.5 Å². The van der Waals surface area contributed by atoms with Crippen molar-refractivity contribution in [1.82, 2.24) is 29.6 Å². The van der Waals surface area contributed by atoms with Crippen LogP contribution in [0.25, 0.3) is 17.3 Å². The van der Waals surface area contributed by atoms with Crippen molar-refractivity contribution in [3.8, 4) is 28.8 Å². The number of halogens is 1. The van der Waals surface area contributed by atoms with E-state index in [1.54, 1.807) is 44.7 Å². The van der Waals surface area contributed by atoms with Gasteiger partial charge < -0.3 is 23.7 Å². The molecule has 43 heavy (non-hydrogen) atoms. The smallest absolute Gasteiger partial charge is 0.227 e. The van der Waals surface area contributed by atoms with Crippen LogP contribution < -0.4 is 14.4 Å². The van der Waals surface area contributed by atoms with Gasteiger partial charge in [-0.25, -0.2) is 22.8 Å². The summed E-state index contributed by atoms with van der Waals surface area (Å²) < 4.78 is 60.3. The third-order valence-electron chi connectivity index (χ3n) is 7.75. The molecule has 1 amide bonds. The van der Waals surface area contributed by atoms with E-state index in [1.165, 1.54) is 20.5 Å². The molecule has 3 aromatic heterocycles. The number of methoxy groups -OCH3 is 2. The molecule has 0 unspecified atom stereocenters. The summed E-state index contributed by atoms with van der Waals surface area (Å²) in [6.45, 7) is 1.53. The highest BCUT2D eigenvalue weighted by Crippen LogP contribution is 2.37. The van der Waals surface area contributed by atoms with E-state index < -0.39 is 32.6 Å². The summed E-state index contributed by atoms with van der Waals surface area (Å²) in [6.07, 6.45) is 4.54. The van der Waals surface area contributed by atoms with Crippen LogP contribution in [-0.4, -0.2) is 89.6 Å². The molecule has 6 rings (SSSR count). The lowest BCUT2D eigenvalue weighted by Crippen LogP contribution is -2.54. The molecule has 0 aliphatic carbocycles. The Kier molecular flexibility index (Phi) is 7.73. The van der Waals surface area contributed by atoms with Gasteiger partial charge in [0.25, 0.3) is 0 Å². The van der Waals surface area contributed by atoms with E-state index in [1.807, 2.05) is 0 Å². The Morgan fingerprint density at radius 3 is 2.37 bits per heavy atom. The molecule has 0 radical (unpaired) electrons. The molecule has 2 aliphatic rings. The lowest BCUT2D eigenvalue weighted by molar-refractivity contribution is -0.139. The second-order valence-electron chi connectivity index (χ2n) is 10.4. The van der Waals surface area contributed by atoms with Crippen LogP contribution >= 0.6 is 0 Å². The molecule has 0 N–H and O–H groups in total. The predicted octanol–water partition coefficient (Wildman–Crippen LogP) is 2.52. The van der Waals surface area contributed by atoms with Gasteiger partial charge in [0, 0.05) is 26.2 Å². The third-order valence-corrected chi connectivity index (χ3v) is 9.77. The molecule has 2 fully saturated rings. The van der Waals surface area contributed by atoms with Gasteiger partial charge in [-0.05, 0) is 37.1 Å². The fraction of sp³-hybridized carbons (Fsp3) is 0.393. The van der Waals surface area contributed by atoms with Crippen molar-refractivity contribution in [2.45, 2.75) is 23.8 Å². The number of anilines is 1. The zero-order valence-electron chi connectivity index (χ0n) is 23.6. The Morgan fingerprint density at radius 2 is 1.77 bits per heavy atom. The average molecular weight is 612 g/mol. The first-order chi connectivity index (χ1) is 20.8. The summed E-state index contributed by atoms with van der Waals surface area (Å²) >= 11 is 0. The number of ether oxygens (including phenoxy) is 2. The summed E-state index contributed by atoms with van der Waals surface area (Å²) in [5.74, 6) is -0.137. The zero-order chi connectivity index (χ0) is 30.1. The van der Waals surface area contributed by atoms with Crippen molar-refractivity contribution in [2.75, 3.05) is 45.3 Å². The number of hydrogen-bond acceptors (Lipinski definition) is 11. The number of nitrogens with zero attached hydrogens (tertiary/aromatic N) is 7. The Hall–Kier alpha value is -4.53. The van der Waals surface area contributed by atoms with E-state index in [4.69, 9.17) is 13.9 Å². The van der Waals surface area contributed by atoms with Crippen molar-refractivity contribution < 1.29 is 31.5 Å². The van der Waals surface area contributed by atoms with Crippen LogP contribution in [0.1, 0.15) is 18.7 Å². The molecule has 0 saturated carbocycles. The number of likely N-dealkylation sites (tertiary alicyclic amines) is 1. The molecule has 15 heteroatoms. The summed E-state index contributed by atoms with van der Waals surface area (Å²) in [6, 6.07) is 8.56. The highest BCUT2D eigenvalue weighted by Gasteiger charge is 2.42. The van der Waals surface area contributed by atoms with Crippen molar-refractivity contribution in [3.05, 3.63) is 60.6 Å². The fourth-order valence-corrected chi connectivity index (χ4v) is 7.19. The van der Waals surface area contributed by atoms with E-state index in [9.17, 15) is 17.6 Å². The minimum absolute atomic E-state index is 0.0227. The normalized spacial score (nSPS) is 18.8. The molecule has 0 spiro atoms. The van der Waals surface area contributed by atoms with Gasteiger partial charge in [0.05, 0.1) is 44.0 Å². The minimum atomic E-state index is -3.97. The summed E-state index contributed by atoms with van der Waals surface area (Å²) in [4.78, 5) is 24.8. The lowest BCUT2D eigenvalue weighted by Gasteiger charge is -2.40. The lowest BCUT2D eigenvalue weighted by atomic mass is 9.95. The number of benzene rings is 1. The van der Waals surface area contributed by atoms with Crippen LogP contribution in [0, 0.1) is 11.7 Å². The van der Waals surface area contributed by atoms with Crippen molar-refractivity contribution in [3.63, 3.8) is 0 Å². The number of carbonyl (C=O) groups excluding carboxylic acids is 1. The standard InChI is InChI=1S/C28H30FN7O6S/c1-40-21-6-3-7-22(41-2)25(21)36-24(32-33-26(36)23-8-4-11-42-23)17-43(38,39)20-12-18(27(37)34-9-5-10-34)15-35(16-20)28-30-13-19(29)14-31-28/h3-4,6-8,11,13-14,18,20H,5,9-10,12,15-17H2,1-2H3/t18-,20+/m1/s1. The molecule has 5 heterocycles. The average Bonchev–Trinajstić information content (AvgIpc) is 3.66. The number of amides is 1. The zero-order valence-corrected chi connectivity index (χ0v) is 24.4. The number of para-hydroxylation sites is 1. The van der Waals surface area contributed by atoms with Crippen LogP contribution in [0.3, 0.4) is 0 Å². The Morgan fingerprint density at radius 1 is 1.05 bits per heavy atom. The van der Waals surface area contributed by atoms with E-state index in [0.29, 0.717) is 36.0 Å². The fourth-order valence-electron chi connectivity index (χ4n) is 5.48. The molecule has 0 bridgehead atoms. The topological polar surface area (TPSA) is 146 Å². The largest absolute Gasteiger partial charge is 0.494 e. The van der Waals surface area contributed by atoms with E-state index in [-0.39, 0.29) is 43.0 Å². The number of hydrogen-bond donors (Lipinski definition) is 0. The number of rotatable bonds is 9. The van der Waals surface area contributed by atoms with Crippen LogP contribution in [-0.2, 0) is 20.4 Å². The number of piperidine rings is 1. The number of aromatic nitrogens is 5. The van der Waals surface area contributed by atoms with Gasteiger partial charge in [-0.2, -0.15) is 0 Å². The first-order valence-electron chi connectivity index (χ1n) is 13.7. The van der Waals surface area contributed by atoms with E-state index >= 15 is 0 Å². The first-order valence-corrected chi connectivity index (χ1v) is 15.4. The predicted molar refractivity (Wildman–Crippen MR) is 152 cm³/mol. The maximum absolute atomic E-state index is 14.2. The van der Waals surface area contributed by atoms with Gasteiger partial charge in [0.2, 0.25) is 17.7 Å². The molecular formula is C28H30FN7O6S. The third kappa shape index (κ3) is 5.51. The number of furan rings is 1. The summed E-state index contributed by atoms with van der Waals surface area (Å²) in [7, 11) is -0.979. The Labute approximate surface area is 247 Å². The molecule has 1 aromatic carbocycles. The molecule has 226 valence electrons. The maximum Gasteiger partial charge on any atom is 0.227 e. The highest BCUT2D eigenvalue weighted by molar-refractivity contribution is 7.91. The Balaban J connectivity index is 1.39. The van der Waals surface area contributed by atoms with Gasteiger partial charge in [-0.3, -0.25) is 9.36 Å². The molecule has 2 saturated heterocycles. The second kappa shape index (κ2) is 11.6. The highest BCUT2D eigenvalue weighted by atomic mass is 32.2. The Bertz CT molecular complexity index is 1690. The van der Waals surface area contributed by atoms with Crippen LogP contribution in [0.15, 0.2) is 53.4 Å². The number of sulfone groups is 1. The summed E-state index contributed by atoms with van der Waals surface area (Å²) in [5.41, 5.74) is 0.407. The molecular weight excluding hydrogens is 581 g/mol. The summed E-state index contributed by atoms with van der Waals surface area (Å²) in [5, 5.41) is 7.60. The van der Waals surface area contributed by atoms with Gasteiger partial charge >= 0.3 is 0 Å². The van der Waals surface area contributed by atoms with E-state index in [0.717, 1.165) is 18.8 Å². The molecule has 2 aliphatic heterocycles. The molecule has 13 nitrogen and oxygen atoms in total. The van der Waals surface area contributed by atoms with Gasteiger partial charge in [0.15, 0.2) is 27.2 Å². The monoisotopic (exact) mass is 611 g/mol. The second-order valence-corrected chi connectivity index (χ2v) is 12.7. The minimum Gasteiger partial charge on any atom is -0.494 e. The van der Waals surface area contributed by atoms with Crippen molar-refractivity contribution in [1.29, 1.82) is 0 Å². The first kappa shape index (κ1) is 28.6. The maximum atomic E-state index is 14.2. The quantitative estimate of drug-likeness (QED) is 0.275. The molecule has 4 aromatic rings. The van der Waals surface area contributed by atoms with Gasteiger partial charge in [-0.15, -0.1) is 10.2 Å². The molecule has 2 atom stereocenters. The van der Waals surface area contributed by atoms with Gasteiger partial charge in [0.1, 0.15) is 22.9 Å². The van der Waals surface area contributed by atoms with Crippen molar-refractivity contribution in [2.24, 2.45) is 5.92 Å².